The van der Waals surface area contributed by atoms with E-state index in [0.29, 0.717) is 25.1 Å². The van der Waals surface area contributed by atoms with Crippen LogP contribution in [0.1, 0.15) is 30.1 Å². The maximum absolute atomic E-state index is 13.7. The number of carbonyl (C=O) groups is 1. The molecule has 0 saturated carbocycles. The summed E-state index contributed by atoms with van der Waals surface area (Å²) in [5, 5.41) is 2.14. The van der Waals surface area contributed by atoms with E-state index in [9.17, 15) is 26.4 Å². The van der Waals surface area contributed by atoms with Crippen LogP contribution in [-0.2, 0) is 10.0 Å². The normalized spacial score (nSPS) is 16.1. The van der Waals surface area contributed by atoms with Crippen molar-refractivity contribution in [1.29, 1.82) is 0 Å². The van der Waals surface area contributed by atoms with Crippen molar-refractivity contribution in [2.24, 2.45) is 5.92 Å². The Bertz CT molecular complexity index is 986. The van der Waals surface area contributed by atoms with Crippen LogP contribution in [0.15, 0.2) is 41.3 Å². The maximum atomic E-state index is 13.7. The van der Waals surface area contributed by atoms with Crippen molar-refractivity contribution in [2.75, 3.05) is 18.4 Å². The summed E-state index contributed by atoms with van der Waals surface area (Å²) in [5.41, 5.74) is -0.460. The molecule has 1 saturated heterocycles. The van der Waals surface area contributed by atoms with Crippen molar-refractivity contribution in [1.82, 2.24) is 4.31 Å². The zero-order valence-electron chi connectivity index (χ0n) is 15.1. The Labute approximate surface area is 161 Å². The minimum Gasteiger partial charge on any atom is -0.319 e. The van der Waals surface area contributed by atoms with Gasteiger partial charge in [-0.3, -0.25) is 4.79 Å². The monoisotopic (exact) mass is 412 g/mol. The highest BCUT2D eigenvalue weighted by Crippen LogP contribution is 2.24. The van der Waals surface area contributed by atoms with Crippen molar-refractivity contribution in [3.63, 3.8) is 0 Å². The Hall–Kier alpha value is -2.39. The number of rotatable bonds is 4. The fourth-order valence-electron chi connectivity index (χ4n) is 2.97. The highest BCUT2D eigenvalue weighted by Gasteiger charge is 2.28. The average molecular weight is 412 g/mol. The molecule has 0 aliphatic carbocycles. The molecule has 1 aliphatic rings. The Balaban J connectivity index is 1.75. The number of hydrogen-bond donors (Lipinski definition) is 1. The number of hydrogen-bond acceptors (Lipinski definition) is 3. The van der Waals surface area contributed by atoms with Crippen LogP contribution in [0.25, 0.3) is 0 Å². The van der Waals surface area contributed by atoms with Crippen LogP contribution in [0.5, 0.6) is 0 Å². The fraction of sp³-hybridized carbons (Fsp3) is 0.316. The fourth-order valence-corrected chi connectivity index (χ4v) is 4.44. The SMILES string of the molecule is CC1CCN(S(=O)(=O)c2ccc(C(=O)Nc3ccc(F)c(F)c3F)cc2)CC1. The van der Waals surface area contributed by atoms with Crippen LogP contribution in [0.4, 0.5) is 18.9 Å². The first-order chi connectivity index (χ1) is 13.2. The maximum Gasteiger partial charge on any atom is 0.255 e. The second-order valence-corrected chi connectivity index (χ2v) is 8.73. The number of anilines is 1. The zero-order chi connectivity index (χ0) is 20.5. The lowest BCUT2D eigenvalue weighted by Crippen LogP contribution is -2.37. The number of sulfonamides is 1. The number of amides is 1. The third kappa shape index (κ3) is 4.05. The largest absolute Gasteiger partial charge is 0.319 e. The Kier molecular flexibility index (Phi) is 5.76. The van der Waals surface area contributed by atoms with Gasteiger partial charge in [0.2, 0.25) is 10.0 Å². The van der Waals surface area contributed by atoms with Gasteiger partial charge in [0.25, 0.3) is 5.91 Å². The van der Waals surface area contributed by atoms with E-state index in [2.05, 4.69) is 12.2 Å². The Morgan fingerprint density at radius 1 is 1.00 bits per heavy atom. The van der Waals surface area contributed by atoms with E-state index in [1.807, 2.05) is 0 Å². The highest BCUT2D eigenvalue weighted by atomic mass is 32.2. The van der Waals surface area contributed by atoms with Gasteiger partial charge in [0.05, 0.1) is 10.6 Å². The predicted molar refractivity (Wildman–Crippen MR) is 97.9 cm³/mol. The molecule has 0 unspecified atom stereocenters. The second kappa shape index (κ2) is 7.92. The van der Waals surface area contributed by atoms with Gasteiger partial charge in [-0.1, -0.05) is 6.92 Å². The van der Waals surface area contributed by atoms with Gasteiger partial charge < -0.3 is 5.32 Å². The Morgan fingerprint density at radius 2 is 1.61 bits per heavy atom. The number of nitrogens with one attached hydrogen (secondary N) is 1. The number of piperidine rings is 1. The lowest BCUT2D eigenvalue weighted by Gasteiger charge is -2.29. The first-order valence-electron chi connectivity index (χ1n) is 8.75. The molecule has 28 heavy (non-hydrogen) atoms. The van der Waals surface area contributed by atoms with Crippen molar-refractivity contribution in [3.8, 4) is 0 Å². The van der Waals surface area contributed by atoms with Crippen LogP contribution < -0.4 is 5.32 Å². The van der Waals surface area contributed by atoms with Gasteiger partial charge in [0, 0.05) is 18.7 Å². The molecule has 2 aromatic rings. The molecule has 1 N–H and O–H groups in total. The van der Waals surface area contributed by atoms with Crippen LogP contribution in [0.2, 0.25) is 0 Å². The summed E-state index contributed by atoms with van der Waals surface area (Å²) in [6.07, 6.45) is 1.58. The summed E-state index contributed by atoms with van der Waals surface area (Å²) in [6, 6.07) is 6.76. The molecule has 0 spiro atoms. The molecule has 0 aromatic heterocycles. The standard InChI is InChI=1S/C19H19F3N2O3S/c1-12-8-10-24(11-9-12)28(26,27)14-4-2-13(3-5-14)19(25)23-16-7-6-15(20)17(21)18(16)22/h2-7,12H,8-11H2,1H3,(H,23,25). The molecule has 1 aliphatic heterocycles. The predicted octanol–water partition coefficient (Wildman–Crippen LogP) is 3.78. The Morgan fingerprint density at radius 3 is 2.21 bits per heavy atom. The molecule has 5 nitrogen and oxygen atoms in total. The second-order valence-electron chi connectivity index (χ2n) is 6.79. The third-order valence-corrected chi connectivity index (χ3v) is 6.69. The molecule has 1 amide bonds. The minimum absolute atomic E-state index is 0.0512. The van der Waals surface area contributed by atoms with Gasteiger partial charge in [0.15, 0.2) is 17.5 Å². The summed E-state index contributed by atoms with van der Waals surface area (Å²) in [6.45, 7) is 2.97. The van der Waals surface area contributed by atoms with Crippen LogP contribution in [-0.4, -0.2) is 31.7 Å². The molecule has 2 aromatic carbocycles. The van der Waals surface area contributed by atoms with Crippen LogP contribution >= 0.6 is 0 Å². The third-order valence-electron chi connectivity index (χ3n) is 4.78. The lowest BCUT2D eigenvalue weighted by atomic mass is 10.0. The van der Waals surface area contributed by atoms with Gasteiger partial charge in [0.1, 0.15) is 0 Å². The molecular weight excluding hydrogens is 393 g/mol. The van der Waals surface area contributed by atoms with Gasteiger partial charge in [-0.05, 0) is 55.2 Å². The number of halogens is 3. The molecule has 150 valence electrons. The zero-order valence-corrected chi connectivity index (χ0v) is 15.9. The van der Waals surface area contributed by atoms with E-state index in [1.165, 1.54) is 28.6 Å². The van der Waals surface area contributed by atoms with E-state index < -0.39 is 39.1 Å². The number of nitrogens with zero attached hydrogens (tertiary/aromatic N) is 1. The summed E-state index contributed by atoms with van der Waals surface area (Å²) in [7, 11) is -3.65. The first-order valence-corrected chi connectivity index (χ1v) is 10.2. The number of benzene rings is 2. The smallest absolute Gasteiger partial charge is 0.255 e. The molecule has 1 heterocycles. The lowest BCUT2D eigenvalue weighted by molar-refractivity contribution is 0.102. The van der Waals surface area contributed by atoms with Gasteiger partial charge in [-0.2, -0.15) is 4.31 Å². The summed E-state index contributed by atoms with van der Waals surface area (Å²) < 4.78 is 66.7. The minimum atomic E-state index is -3.65. The molecule has 0 bridgehead atoms. The molecule has 0 atom stereocenters. The molecule has 3 rings (SSSR count). The topological polar surface area (TPSA) is 66.5 Å². The van der Waals surface area contributed by atoms with Crippen molar-refractivity contribution < 1.29 is 26.4 Å². The number of carbonyl (C=O) groups excluding carboxylic acids is 1. The summed E-state index contributed by atoms with van der Waals surface area (Å²) >= 11 is 0. The van der Waals surface area contributed by atoms with E-state index in [-0.39, 0.29) is 10.5 Å². The van der Waals surface area contributed by atoms with Crippen molar-refractivity contribution in [2.45, 2.75) is 24.7 Å². The van der Waals surface area contributed by atoms with E-state index >= 15 is 0 Å². The molecular formula is C19H19F3N2O3S. The summed E-state index contributed by atoms with van der Waals surface area (Å²) in [4.78, 5) is 12.3. The highest BCUT2D eigenvalue weighted by molar-refractivity contribution is 7.89. The van der Waals surface area contributed by atoms with Gasteiger partial charge >= 0.3 is 0 Å². The van der Waals surface area contributed by atoms with Gasteiger partial charge in [-0.15, -0.1) is 0 Å². The van der Waals surface area contributed by atoms with Crippen LogP contribution in [0.3, 0.4) is 0 Å². The van der Waals surface area contributed by atoms with E-state index in [4.69, 9.17) is 0 Å². The molecule has 1 fully saturated rings. The van der Waals surface area contributed by atoms with Crippen molar-refractivity contribution >= 4 is 21.6 Å². The molecule has 9 heteroatoms. The average Bonchev–Trinajstić information content (AvgIpc) is 2.69. The van der Waals surface area contributed by atoms with Gasteiger partial charge in [-0.25, -0.2) is 21.6 Å². The summed E-state index contributed by atoms with van der Waals surface area (Å²) in [5.74, 6) is -4.85. The molecule has 0 radical (unpaired) electrons. The first kappa shape index (κ1) is 20.3. The van der Waals surface area contributed by atoms with E-state index in [1.54, 1.807) is 0 Å². The van der Waals surface area contributed by atoms with E-state index in [0.717, 1.165) is 18.9 Å². The van der Waals surface area contributed by atoms with Crippen LogP contribution in [0, 0.1) is 23.4 Å². The quantitative estimate of drug-likeness (QED) is 0.778. The van der Waals surface area contributed by atoms with Crippen molar-refractivity contribution in [3.05, 3.63) is 59.4 Å².